The van der Waals surface area contributed by atoms with Gasteiger partial charge in [0.15, 0.2) is 5.78 Å². The lowest BCUT2D eigenvalue weighted by atomic mass is 10.0. The predicted molar refractivity (Wildman–Crippen MR) is 68.9 cm³/mol. The second-order valence-electron chi connectivity index (χ2n) is 4.29. The van der Waals surface area contributed by atoms with Gasteiger partial charge in [0, 0.05) is 5.92 Å². The molecule has 4 heteroatoms. The number of carbonyl (C=O) groups is 1. The molecular weight excluding hydrogens is 259 g/mol. The summed E-state index contributed by atoms with van der Waals surface area (Å²) in [5.41, 5.74) is 0. The molecule has 17 heavy (non-hydrogen) atoms. The van der Waals surface area contributed by atoms with Crippen molar-refractivity contribution >= 4 is 29.0 Å². The molecule has 0 spiro atoms. The molecular formula is C13H14Cl2O2. The third kappa shape index (κ3) is 3.14. The van der Waals surface area contributed by atoms with Crippen LogP contribution < -0.4 is 4.74 Å². The number of Topliss-reactive ketones (excluding diaryl/α,β-unsaturated/α-hetero) is 1. The van der Waals surface area contributed by atoms with Gasteiger partial charge in [-0.3, -0.25) is 4.79 Å². The van der Waals surface area contributed by atoms with E-state index in [4.69, 9.17) is 27.9 Å². The first-order chi connectivity index (χ1) is 8.18. The Bertz CT molecular complexity index is 412. The van der Waals surface area contributed by atoms with Crippen molar-refractivity contribution in [2.75, 3.05) is 6.61 Å². The summed E-state index contributed by atoms with van der Waals surface area (Å²) < 4.78 is 5.43. The smallest absolute Gasteiger partial charge is 0.173 e. The number of ether oxygens (including phenoxy) is 1. The molecule has 0 aromatic heterocycles. The summed E-state index contributed by atoms with van der Waals surface area (Å²) in [6.45, 7) is 0.0880. The lowest BCUT2D eigenvalue weighted by Crippen LogP contribution is -2.19. The van der Waals surface area contributed by atoms with Crippen LogP contribution in [0.15, 0.2) is 18.2 Å². The lowest BCUT2D eigenvalue weighted by Gasteiger charge is -2.11. The Balaban J connectivity index is 1.93. The maximum Gasteiger partial charge on any atom is 0.173 e. The molecule has 0 aliphatic heterocycles. The average Bonchev–Trinajstić information content (AvgIpc) is 2.84. The Hall–Kier alpha value is -0.730. The first-order valence-electron chi connectivity index (χ1n) is 5.78. The lowest BCUT2D eigenvalue weighted by molar-refractivity contribution is -0.124. The van der Waals surface area contributed by atoms with Crippen molar-refractivity contribution in [3.8, 4) is 5.75 Å². The minimum atomic E-state index is 0.0880. The molecule has 0 atom stereocenters. The number of carbonyl (C=O) groups excluding carboxylic acids is 1. The van der Waals surface area contributed by atoms with E-state index in [1.54, 1.807) is 18.2 Å². The first kappa shape index (κ1) is 12.7. The zero-order valence-corrected chi connectivity index (χ0v) is 10.9. The highest BCUT2D eigenvalue weighted by molar-refractivity contribution is 6.42. The SMILES string of the molecule is O=C(COc1cccc(Cl)c1Cl)C1CCCC1. The van der Waals surface area contributed by atoms with Gasteiger partial charge in [-0.05, 0) is 25.0 Å². The van der Waals surface area contributed by atoms with Gasteiger partial charge in [-0.25, -0.2) is 0 Å². The maximum atomic E-state index is 11.8. The summed E-state index contributed by atoms with van der Waals surface area (Å²) in [5.74, 6) is 0.817. The van der Waals surface area contributed by atoms with Crippen LogP contribution in [0.5, 0.6) is 5.75 Å². The number of hydrogen-bond donors (Lipinski definition) is 0. The van der Waals surface area contributed by atoms with Crippen LogP contribution in [0.1, 0.15) is 25.7 Å². The van der Waals surface area contributed by atoms with Crippen molar-refractivity contribution in [2.45, 2.75) is 25.7 Å². The normalized spacial score (nSPS) is 16.1. The Kier molecular flexibility index (Phi) is 4.30. The van der Waals surface area contributed by atoms with Gasteiger partial charge >= 0.3 is 0 Å². The first-order valence-corrected chi connectivity index (χ1v) is 6.53. The fourth-order valence-electron chi connectivity index (χ4n) is 2.11. The van der Waals surface area contributed by atoms with Crippen LogP contribution in [-0.2, 0) is 4.79 Å². The molecule has 0 N–H and O–H groups in total. The molecule has 0 radical (unpaired) electrons. The fourth-order valence-corrected chi connectivity index (χ4v) is 2.46. The number of ketones is 1. The molecule has 1 fully saturated rings. The van der Waals surface area contributed by atoms with Crippen molar-refractivity contribution in [1.82, 2.24) is 0 Å². The highest BCUT2D eigenvalue weighted by atomic mass is 35.5. The highest BCUT2D eigenvalue weighted by Crippen LogP contribution is 2.32. The molecule has 0 bridgehead atoms. The van der Waals surface area contributed by atoms with E-state index in [9.17, 15) is 4.79 Å². The number of rotatable bonds is 4. The molecule has 0 unspecified atom stereocenters. The minimum absolute atomic E-state index is 0.0880. The van der Waals surface area contributed by atoms with Crippen molar-refractivity contribution in [3.63, 3.8) is 0 Å². The summed E-state index contributed by atoms with van der Waals surface area (Å²) in [6, 6.07) is 5.16. The molecule has 1 aromatic carbocycles. The Morgan fingerprint density at radius 3 is 2.71 bits per heavy atom. The van der Waals surface area contributed by atoms with Gasteiger partial charge < -0.3 is 4.74 Å². The predicted octanol–water partition coefficient (Wildman–Crippen LogP) is 4.13. The Morgan fingerprint density at radius 2 is 2.00 bits per heavy atom. The van der Waals surface area contributed by atoms with E-state index in [1.165, 1.54) is 0 Å². The summed E-state index contributed by atoms with van der Waals surface area (Å²) in [6.07, 6.45) is 4.28. The second-order valence-corrected chi connectivity index (χ2v) is 5.07. The average molecular weight is 273 g/mol. The van der Waals surface area contributed by atoms with Gasteiger partial charge in [-0.2, -0.15) is 0 Å². The Labute approximate surface area is 111 Å². The summed E-state index contributed by atoms with van der Waals surface area (Å²) in [5, 5.41) is 0.811. The van der Waals surface area contributed by atoms with Crippen molar-refractivity contribution in [3.05, 3.63) is 28.2 Å². The van der Waals surface area contributed by atoms with Crippen LogP contribution in [0.4, 0.5) is 0 Å². The van der Waals surface area contributed by atoms with E-state index in [0.717, 1.165) is 25.7 Å². The molecule has 0 amide bonds. The van der Waals surface area contributed by atoms with Gasteiger partial charge in [-0.15, -0.1) is 0 Å². The van der Waals surface area contributed by atoms with Gasteiger partial charge in [0.05, 0.1) is 5.02 Å². The third-order valence-electron chi connectivity index (χ3n) is 3.10. The topological polar surface area (TPSA) is 26.3 Å². The third-order valence-corrected chi connectivity index (χ3v) is 3.90. The molecule has 1 aliphatic rings. The molecule has 1 aliphatic carbocycles. The fraction of sp³-hybridized carbons (Fsp3) is 0.462. The largest absolute Gasteiger partial charge is 0.484 e. The summed E-state index contributed by atoms with van der Waals surface area (Å²) >= 11 is 11.8. The van der Waals surface area contributed by atoms with Gasteiger partial charge in [0.1, 0.15) is 17.4 Å². The van der Waals surface area contributed by atoms with Crippen LogP contribution in [0, 0.1) is 5.92 Å². The van der Waals surface area contributed by atoms with Crippen LogP contribution >= 0.6 is 23.2 Å². The molecule has 2 rings (SSSR count). The van der Waals surface area contributed by atoms with Gasteiger partial charge in [-0.1, -0.05) is 42.1 Å². The van der Waals surface area contributed by atoms with E-state index in [2.05, 4.69) is 0 Å². The van der Waals surface area contributed by atoms with Gasteiger partial charge in [0.2, 0.25) is 0 Å². The van der Waals surface area contributed by atoms with E-state index in [-0.39, 0.29) is 18.3 Å². The molecule has 1 saturated carbocycles. The minimum Gasteiger partial charge on any atom is -0.484 e. The molecule has 1 aromatic rings. The van der Waals surface area contributed by atoms with Crippen LogP contribution in [0.25, 0.3) is 0 Å². The standard InChI is InChI=1S/C13H14Cl2O2/c14-10-6-3-7-12(13(10)15)17-8-11(16)9-4-1-2-5-9/h3,6-7,9H,1-2,4-5,8H2. The van der Waals surface area contributed by atoms with E-state index in [1.807, 2.05) is 0 Å². The summed E-state index contributed by atoms with van der Waals surface area (Å²) in [7, 11) is 0. The quantitative estimate of drug-likeness (QED) is 0.824. The van der Waals surface area contributed by atoms with Crippen LogP contribution in [0.2, 0.25) is 10.0 Å². The highest BCUT2D eigenvalue weighted by Gasteiger charge is 2.23. The zero-order valence-electron chi connectivity index (χ0n) is 9.42. The second kappa shape index (κ2) is 5.74. The van der Waals surface area contributed by atoms with Crippen LogP contribution in [0.3, 0.4) is 0 Å². The van der Waals surface area contributed by atoms with Crippen molar-refractivity contribution < 1.29 is 9.53 Å². The Morgan fingerprint density at radius 1 is 1.29 bits per heavy atom. The number of halogens is 2. The molecule has 0 heterocycles. The van der Waals surface area contributed by atoms with Crippen LogP contribution in [-0.4, -0.2) is 12.4 Å². The molecule has 92 valence electrons. The summed E-state index contributed by atoms with van der Waals surface area (Å²) in [4.78, 5) is 11.8. The zero-order chi connectivity index (χ0) is 12.3. The molecule has 0 saturated heterocycles. The van der Waals surface area contributed by atoms with Crippen molar-refractivity contribution in [2.24, 2.45) is 5.92 Å². The van der Waals surface area contributed by atoms with E-state index in [0.29, 0.717) is 15.8 Å². The van der Waals surface area contributed by atoms with Crippen molar-refractivity contribution in [1.29, 1.82) is 0 Å². The monoisotopic (exact) mass is 272 g/mol. The number of hydrogen-bond acceptors (Lipinski definition) is 2. The number of benzene rings is 1. The van der Waals surface area contributed by atoms with E-state index < -0.39 is 0 Å². The maximum absolute atomic E-state index is 11.8. The van der Waals surface area contributed by atoms with E-state index >= 15 is 0 Å². The molecule has 2 nitrogen and oxygen atoms in total. The van der Waals surface area contributed by atoms with Gasteiger partial charge in [0.25, 0.3) is 0 Å².